The van der Waals surface area contributed by atoms with E-state index in [0.717, 1.165) is 0 Å². The van der Waals surface area contributed by atoms with Crippen molar-refractivity contribution in [2.24, 2.45) is 0 Å². The molecule has 0 unspecified atom stereocenters. The maximum Gasteiger partial charge on any atom is 0.358 e. The summed E-state index contributed by atoms with van der Waals surface area (Å²) in [6.07, 6.45) is 0.517. The van der Waals surface area contributed by atoms with Crippen LogP contribution in [0.15, 0.2) is 4.52 Å². The van der Waals surface area contributed by atoms with Gasteiger partial charge < -0.3 is 9.63 Å². The zero-order chi connectivity index (χ0) is 14.0. The largest absolute Gasteiger partial charge is 0.476 e. The Labute approximate surface area is 109 Å². The lowest BCUT2D eigenvalue weighted by atomic mass is 10.2. The van der Waals surface area contributed by atoms with E-state index in [1.807, 2.05) is 20.8 Å². The Morgan fingerprint density at radius 3 is 2.74 bits per heavy atom. The highest BCUT2D eigenvalue weighted by atomic mass is 16.5. The molecule has 102 valence electrons. The lowest BCUT2D eigenvalue weighted by Gasteiger charge is -2.01. The number of rotatable bonds is 5. The first-order chi connectivity index (χ1) is 9.02. The van der Waals surface area contributed by atoms with Crippen LogP contribution in [0, 0.1) is 0 Å². The Kier molecular flexibility index (Phi) is 3.59. The molecular formula is C11H15N5O3. The number of carbonyl (C=O) groups is 1. The number of nitrogens with zero attached hydrogens (tertiary/aromatic N) is 5. The van der Waals surface area contributed by atoms with Gasteiger partial charge in [-0.1, -0.05) is 31.1 Å². The standard InChI is InChI=1S/C11H15N5O3/c1-4-7-9(11(17)18)13-15-16(7)5-8-12-10(6(2)3)19-14-8/h6H,4-5H2,1-3H3,(H,17,18). The Hall–Kier alpha value is -2.25. The normalized spacial score (nSPS) is 11.2. The van der Waals surface area contributed by atoms with Gasteiger partial charge >= 0.3 is 5.97 Å². The van der Waals surface area contributed by atoms with Gasteiger partial charge in [0.25, 0.3) is 0 Å². The Balaban J connectivity index is 2.25. The second-order valence-corrected chi connectivity index (χ2v) is 4.40. The van der Waals surface area contributed by atoms with Crippen LogP contribution in [0.3, 0.4) is 0 Å². The molecule has 8 heteroatoms. The molecule has 2 heterocycles. The fourth-order valence-electron chi connectivity index (χ4n) is 1.68. The minimum absolute atomic E-state index is 0.0323. The van der Waals surface area contributed by atoms with Crippen LogP contribution in [-0.4, -0.2) is 36.2 Å². The number of carboxylic acid groups (broad SMARTS) is 1. The van der Waals surface area contributed by atoms with Crippen LogP contribution >= 0.6 is 0 Å². The molecule has 2 rings (SSSR count). The highest BCUT2D eigenvalue weighted by molar-refractivity contribution is 5.86. The number of hydrogen-bond donors (Lipinski definition) is 1. The predicted molar refractivity (Wildman–Crippen MR) is 63.8 cm³/mol. The van der Waals surface area contributed by atoms with Gasteiger partial charge in [-0.25, -0.2) is 9.48 Å². The summed E-state index contributed by atoms with van der Waals surface area (Å²) in [6, 6.07) is 0. The summed E-state index contributed by atoms with van der Waals surface area (Å²) in [6.45, 7) is 6.00. The van der Waals surface area contributed by atoms with E-state index >= 15 is 0 Å². The number of aromatic nitrogens is 5. The number of carboxylic acids is 1. The monoisotopic (exact) mass is 265 g/mol. The first kappa shape index (κ1) is 13.2. The highest BCUT2D eigenvalue weighted by Gasteiger charge is 2.19. The average molecular weight is 265 g/mol. The summed E-state index contributed by atoms with van der Waals surface area (Å²) in [7, 11) is 0. The molecule has 19 heavy (non-hydrogen) atoms. The van der Waals surface area contributed by atoms with Crippen molar-refractivity contribution < 1.29 is 14.4 Å². The maximum atomic E-state index is 11.0. The van der Waals surface area contributed by atoms with Crippen LogP contribution < -0.4 is 0 Å². The number of hydrogen-bond acceptors (Lipinski definition) is 6. The molecule has 1 N–H and O–H groups in total. The lowest BCUT2D eigenvalue weighted by Crippen LogP contribution is -2.09. The third-order valence-corrected chi connectivity index (χ3v) is 2.64. The van der Waals surface area contributed by atoms with Gasteiger partial charge in [0.15, 0.2) is 11.5 Å². The molecule has 0 radical (unpaired) electrons. The third kappa shape index (κ3) is 2.61. The van der Waals surface area contributed by atoms with Crippen molar-refractivity contribution in [3.8, 4) is 0 Å². The Morgan fingerprint density at radius 2 is 2.21 bits per heavy atom. The van der Waals surface area contributed by atoms with Crippen LogP contribution in [-0.2, 0) is 13.0 Å². The van der Waals surface area contributed by atoms with E-state index in [-0.39, 0.29) is 18.2 Å². The third-order valence-electron chi connectivity index (χ3n) is 2.64. The van der Waals surface area contributed by atoms with Gasteiger partial charge in [0.1, 0.15) is 6.54 Å². The summed E-state index contributed by atoms with van der Waals surface area (Å²) in [5.74, 6) is 0.0724. The van der Waals surface area contributed by atoms with Crippen molar-refractivity contribution in [2.45, 2.75) is 39.7 Å². The minimum atomic E-state index is -1.08. The van der Waals surface area contributed by atoms with Crippen LogP contribution in [0.5, 0.6) is 0 Å². The molecule has 0 aliphatic carbocycles. The quantitative estimate of drug-likeness (QED) is 0.862. The molecule has 0 aliphatic rings. The van der Waals surface area contributed by atoms with Crippen LogP contribution in [0.4, 0.5) is 0 Å². The van der Waals surface area contributed by atoms with E-state index in [2.05, 4.69) is 20.5 Å². The number of aromatic carboxylic acids is 1. The molecule has 0 aliphatic heterocycles. The van der Waals surface area contributed by atoms with E-state index in [1.54, 1.807) is 0 Å². The van der Waals surface area contributed by atoms with Gasteiger partial charge in [-0.2, -0.15) is 4.98 Å². The molecule has 0 spiro atoms. The predicted octanol–water partition coefficient (Wildman–Crippen LogP) is 1.09. The minimum Gasteiger partial charge on any atom is -0.476 e. The second kappa shape index (κ2) is 5.17. The molecule has 2 aromatic heterocycles. The SMILES string of the molecule is CCc1c(C(=O)O)nnn1Cc1noc(C(C)C)n1. The summed E-state index contributed by atoms with van der Waals surface area (Å²) < 4.78 is 6.57. The van der Waals surface area contributed by atoms with Crippen molar-refractivity contribution in [1.82, 2.24) is 25.1 Å². The first-order valence-electron chi connectivity index (χ1n) is 6.01. The molecule has 0 saturated heterocycles. The van der Waals surface area contributed by atoms with E-state index in [4.69, 9.17) is 9.63 Å². The maximum absolute atomic E-state index is 11.0. The summed E-state index contributed by atoms with van der Waals surface area (Å²) in [5.41, 5.74) is 0.512. The van der Waals surface area contributed by atoms with Crippen LogP contribution in [0.1, 0.15) is 54.6 Å². The zero-order valence-corrected chi connectivity index (χ0v) is 11.0. The summed E-state index contributed by atoms with van der Waals surface area (Å²) in [4.78, 5) is 15.2. The van der Waals surface area contributed by atoms with Gasteiger partial charge in [-0.3, -0.25) is 0 Å². The van der Waals surface area contributed by atoms with Crippen molar-refractivity contribution in [3.05, 3.63) is 23.1 Å². The van der Waals surface area contributed by atoms with E-state index in [1.165, 1.54) is 4.68 Å². The molecule has 2 aromatic rings. The van der Waals surface area contributed by atoms with Gasteiger partial charge in [0.2, 0.25) is 5.89 Å². The zero-order valence-electron chi connectivity index (χ0n) is 11.0. The Morgan fingerprint density at radius 1 is 1.47 bits per heavy atom. The van der Waals surface area contributed by atoms with Crippen molar-refractivity contribution >= 4 is 5.97 Å². The second-order valence-electron chi connectivity index (χ2n) is 4.40. The Bertz CT molecular complexity index is 587. The van der Waals surface area contributed by atoms with Crippen molar-refractivity contribution in [2.75, 3.05) is 0 Å². The summed E-state index contributed by atoms with van der Waals surface area (Å²) >= 11 is 0. The van der Waals surface area contributed by atoms with Gasteiger partial charge in [-0.15, -0.1) is 5.10 Å². The van der Waals surface area contributed by atoms with Crippen molar-refractivity contribution in [3.63, 3.8) is 0 Å². The van der Waals surface area contributed by atoms with Crippen molar-refractivity contribution in [1.29, 1.82) is 0 Å². The average Bonchev–Trinajstić information content (AvgIpc) is 2.95. The van der Waals surface area contributed by atoms with E-state index in [9.17, 15) is 4.79 Å². The van der Waals surface area contributed by atoms with Gasteiger partial charge in [0.05, 0.1) is 5.69 Å². The molecular weight excluding hydrogens is 250 g/mol. The topological polar surface area (TPSA) is 107 Å². The highest BCUT2D eigenvalue weighted by Crippen LogP contribution is 2.13. The molecule has 0 bridgehead atoms. The molecule has 0 atom stereocenters. The fourth-order valence-corrected chi connectivity index (χ4v) is 1.68. The molecule has 0 amide bonds. The summed E-state index contributed by atoms with van der Waals surface area (Å²) in [5, 5.41) is 20.3. The van der Waals surface area contributed by atoms with Gasteiger partial charge in [0, 0.05) is 5.92 Å². The lowest BCUT2D eigenvalue weighted by molar-refractivity contribution is 0.0689. The molecule has 0 fully saturated rings. The van der Waals surface area contributed by atoms with E-state index < -0.39 is 5.97 Å². The molecule has 8 nitrogen and oxygen atoms in total. The van der Waals surface area contributed by atoms with Gasteiger partial charge in [-0.05, 0) is 6.42 Å². The molecule has 0 aromatic carbocycles. The fraction of sp³-hybridized carbons (Fsp3) is 0.545. The van der Waals surface area contributed by atoms with Crippen LogP contribution in [0.25, 0.3) is 0 Å². The first-order valence-corrected chi connectivity index (χ1v) is 6.01. The van der Waals surface area contributed by atoms with Crippen LogP contribution in [0.2, 0.25) is 0 Å². The van der Waals surface area contributed by atoms with E-state index in [0.29, 0.717) is 23.8 Å². The molecule has 0 saturated carbocycles. The smallest absolute Gasteiger partial charge is 0.358 e.